The fraction of sp³-hybridized carbons (Fsp3) is 0.231. The molecule has 0 atom stereocenters. The lowest BCUT2D eigenvalue weighted by molar-refractivity contribution is 0.111. The van der Waals surface area contributed by atoms with Crippen molar-refractivity contribution in [1.82, 2.24) is 9.55 Å². The van der Waals surface area contributed by atoms with Crippen LogP contribution in [0.5, 0.6) is 11.5 Å². The molecule has 1 heterocycles. The van der Waals surface area contributed by atoms with Gasteiger partial charge in [0.25, 0.3) is 0 Å². The van der Waals surface area contributed by atoms with E-state index in [-0.39, 0.29) is 0 Å². The first-order valence-electron chi connectivity index (χ1n) is 5.44. The van der Waals surface area contributed by atoms with Crippen molar-refractivity contribution >= 4 is 6.29 Å². The van der Waals surface area contributed by atoms with Gasteiger partial charge >= 0.3 is 0 Å². The molecule has 0 spiro atoms. The molecular weight excluding hydrogens is 232 g/mol. The van der Waals surface area contributed by atoms with Crippen LogP contribution in [0.2, 0.25) is 0 Å². The Kier molecular flexibility index (Phi) is 3.62. The smallest absolute Gasteiger partial charge is 0.169 e. The Hall–Kier alpha value is -2.30. The van der Waals surface area contributed by atoms with Crippen molar-refractivity contribution in [3.05, 3.63) is 42.0 Å². The molecule has 0 saturated carbocycles. The largest absolute Gasteiger partial charge is 0.493 e. The second-order valence-electron chi connectivity index (χ2n) is 3.78. The van der Waals surface area contributed by atoms with Crippen LogP contribution in [0.1, 0.15) is 16.1 Å². The summed E-state index contributed by atoms with van der Waals surface area (Å²) in [7, 11) is 3.20. The van der Waals surface area contributed by atoms with Crippen molar-refractivity contribution in [2.45, 2.75) is 6.54 Å². The molecular formula is C13H14N2O3. The molecule has 0 aliphatic rings. The SMILES string of the molecule is COc1ccc(Cn2cnc(C=O)c2)cc1OC. The maximum atomic E-state index is 10.5. The van der Waals surface area contributed by atoms with E-state index in [1.54, 1.807) is 26.7 Å². The van der Waals surface area contributed by atoms with E-state index in [0.717, 1.165) is 11.8 Å². The summed E-state index contributed by atoms with van der Waals surface area (Å²) in [5.74, 6) is 1.38. The topological polar surface area (TPSA) is 53.4 Å². The Morgan fingerprint density at radius 3 is 2.67 bits per heavy atom. The van der Waals surface area contributed by atoms with Gasteiger partial charge < -0.3 is 14.0 Å². The second kappa shape index (κ2) is 5.35. The Labute approximate surface area is 105 Å². The number of benzene rings is 1. The Morgan fingerprint density at radius 2 is 2.06 bits per heavy atom. The number of imidazole rings is 1. The number of rotatable bonds is 5. The number of methoxy groups -OCH3 is 2. The molecule has 0 radical (unpaired) electrons. The molecule has 0 amide bonds. The first-order chi connectivity index (χ1) is 8.76. The van der Waals surface area contributed by atoms with Gasteiger partial charge in [-0.05, 0) is 17.7 Å². The molecule has 0 N–H and O–H groups in total. The van der Waals surface area contributed by atoms with Gasteiger partial charge in [0, 0.05) is 12.7 Å². The van der Waals surface area contributed by atoms with Gasteiger partial charge in [-0.2, -0.15) is 0 Å². The molecule has 0 aliphatic carbocycles. The fourth-order valence-corrected chi connectivity index (χ4v) is 1.71. The Balaban J connectivity index is 2.21. The molecule has 18 heavy (non-hydrogen) atoms. The highest BCUT2D eigenvalue weighted by atomic mass is 16.5. The first kappa shape index (κ1) is 12.2. The van der Waals surface area contributed by atoms with Gasteiger partial charge in [-0.15, -0.1) is 0 Å². The van der Waals surface area contributed by atoms with Crippen molar-refractivity contribution in [2.75, 3.05) is 14.2 Å². The molecule has 5 nitrogen and oxygen atoms in total. The first-order valence-corrected chi connectivity index (χ1v) is 5.44. The van der Waals surface area contributed by atoms with Crippen molar-refractivity contribution in [3.63, 3.8) is 0 Å². The molecule has 5 heteroatoms. The number of ether oxygens (including phenoxy) is 2. The van der Waals surface area contributed by atoms with Gasteiger partial charge in [-0.3, -0.25) is 4.79 Å². The molecule has 1 aromatic heterocycles. The van der Waals surface area contributed by atoms with Crippen LogP contribution < -0.4 is 9.47 Å². The highest BCUT2D eigenvalue weighted by Gasteiger charge is 2.05. The average molecular weight is 246 g/mol. The number of aromatic nitrogens is 2. The minimum Gasteiger partial charge on any atom is -0.493 e. The maximum Gasteiger partial charge on any atom is 0.169 e. The number of hydrogen-bond donors (Lipinski definition) is 0. The van der Waals surface area contributed by atoms with Crippen molar-refractivity contribution in [2.24, 2.45) is 0 Å². The summed E-state index contributed by atoms with van der Waals surface area (Å²) in [5, 5.41) is 0. The van der Waals surface area contributed by atoms with Crippen LogP contribution in [0.25, 0.3) is 0 Å². The van der Waals surface area contributed by atoms with Crippen LogP contribution >= 0.6 is 0 Å². The lowest BCUT2D eigenvalue weighted by Gasteiger charge is -2.09. The van der Waals surface area contributed by atoms with Crippen LogP contribution in [0, 0.1) is 0 Å². The Bertz CT molecular complexity index is 549. The van der Waals surface area contributed by atoms with Crippen LogP contribution in [0.3, 0.4) is 0 Å². The summed E-state index contributed by atoms with van der Waals surface area (Å²) in [6.07, 6.45) is 4.05. The molecule has 0 bridgehead atoms. The van der Waals surface area contributed by atoms with E-state index in [1.165, 1.54) is 0 Å². The van der Waals surface area contributed by atoms with Gasteiger partial charge in [-0.25, -0.2) is 4.98 Å². The van der Waals surface area contributed by atoms with E-state index in [0.29, 0.717) is 23.7 Å². The van der Waals surface area contributed by atoms with Crippen LogP contribution in [0.4, 0.5) is 0 Å². The average Bonchev–Trinajstić information content (AvgIpc) is 2.86. The van der Waals surface area contributed by atoms with Gasteiger partial charge in [0.15, 0.2) is 17.8 Å². The standard InChI is InChI=1S/C13H14N2O3/c1-17-12-4-3-10(5-13(12)18-2)6-15-7-11(8-16)14-9-15/h3-5,7-9H,6H2,1-2H3. The zero-order chi connectivity index (χ0) is 13.0. The van der Waals surface area contributed by atoms with Crippen LogP contribution in [0.15, 0.2) is 30.7 Å². The number of nitrogens with zero attached hydrogens (tertiary/aromatic N) is 2. The third-order valence-corrected chi connectivity index (χ3v) is 2.59. The fourth-order valence-electron chi connectivity index (χ4n) is 1.71. The second-order valence-corrected chi connectivity index (χ2v) is 3.78. The minimum absolute atomic E-state index is 0.426. The van der Waals surface area contributed by atoms with E-state index in [2.05, 4.69) is 4.98 Å². The number of carbonyl (C=O) groups is 1. The predicted molar refractivity (Wildman–Crippen MR) is 66.3 cm³/mol. The van der Waals surface area contributed by atoms with Crippen molar-refractivity contribution in [3.8, 4) is 11.5 Å². The van der Waals surface area contributed by atoms with Crippen molar-refractivity contribution < 1.29 is 14.3 Å². The number of carbonyl (C=O) groups excluding carboxylic acids is 1. The van der Waals surface area contributed by atoms with Gasteiger partial charge in [0.1, 0.15) is 5.69 Å². The molecule has 1 aromatic carbocycles. The summed E-state index contributed by atoms with van der Waals surface area (Å²) in [6, 6.07) is 5.70. The van der Waals surface area contributed by atoms with E-state index in [1.807, 2.05) is 22.8 Å². The summed E-state index contributed by atoms with van der Waals surface area (Å²) in [5.41, 5.74) is 1.47. The van der Waals surface area contributed by atoms with Crippen LogP contribution in [-0.2, 0) is 6.54 Å². The number of aldehydes is 1. The Morgan fingerprint density at radius 1 is 1.28 bits per heavy atom. The molecule has 0 unspecified atom stereocenters. The predicted octanol–water partition coefficient (Wildman–Crippen LogP) is 1.76. The lowest BCUT2D eigenvalue weighted by atomic mass is 10.2. The molecule has 2 rings (SSSR count). The zero-order valence-corrected chi connectivity index (χ0v) is 10.3. The summed E-state index contributed by atoms with van der Waals surface area (Å²) < 4.78 is 12.2. The highest BCUT2D eigenvalue weighted by Crippen LogP contribution is 2.27. The molecule has 94 valence electrons. The van der Waals surface area contributed by atoms with E-state index in [9.17, 15) is 4.79 Å². The number of hydrogen-bond acceptors (Lipinski definition) is 4. The van der Waals surface area contributed by atoms with E-state index < -0.39 is 0 Å². The molecule has 0 saturated heterocycles. The van der Waals surface area contributed by atoms with Gasteiger partial charge in [0.05, 0.1) is 20.5 Å². The quantitative estimate of drug-likeness (QED) is 0.754. The maximum absolute atomic E-state index is 10.5. The van der Waals surface area contributed by atoms with E-state index in [4.69, 9.17) is 9.47 Å². The highest BCUT2D eigenvalue weighted by molar-refractivity contribution is 5.70. The third-order valence-electron chi connectivity index (χ3n) is 2.59. The van der Waals surface area contributed by atoms with E-state index >= 15 is 0 Å². The lowest BCUT2D eigenvalue weighted by Crippen LogP contribution is -1.98. The zero-order valence-electron chi connectivity index (χ0n) is 10.3. The normalized spacial score (nSPS) is 10.1. The third kappa shape index (κ3) is 2.51. The summed E-state index contributed by atoms with van der Waals surface area (Å²) in [4.78, 5) is 14.5. The molecule has 0 aliphatic heterocycles. The molecule has 0 fully saturated rings. The van der Waals surface area contributed by atoms with Gasteiger partial charge in [-0.1, -0.05) is 6.07 Å². The molecule has 2 aromatic rings. The minimum atomic E-state index is 0.426. The van der Waals surface area contributed by atoms with Crippen LogP contribution in [-0.4, -0.2) is 30.1 Å². The summed E-state index contributed by atoms with van der Waals surface area (Å²) >= 11 is 0. The monoisotopic (exact) mass is 246 g/mol. The summed E-state index contributed by atoms with van der Waals surface area (Å²) in [6.45, 7) is 0.626. The van der Waals surface area contributed by atoms with Gasteiger partial charge in [0.2, 0.25) is 0 Å². The van der Waals surface area contributed by atoms with Crippen molar-refractivity contribution in [1.29, 1.82) is 0 Å².